The third-order valence-electron chi connectivity index (χ3n) is 2.10. The zero-order valence-corrected chi connectivity index (χ0v) is 7.85. The molecule has 0 aliphatic carbocycles. The van der Waals surface area contributed by atoms with Crippen LogP contribution < -0.4 is 0 Å². The molecule has 1 aromatic carbocycles. The monoisotopic (exact) mass is 230 g/mol. The van der Waals surface area contributed by atoms with Crippen molar-refractivity contribution < 1.29 is 17.6 Å². The first-order chi connectivity index (χ1) is 7.48. The molecule has 0 aliphatic heterocycles. The molecule has 0 unspecified atom stereocenters. The average Bonchev–Trinajstić information content (AvgIpc) is 2.69. The van der Waals surface area contributed by atoms with Crippen LogP contribution in [-0.4, -0.2) is 10.2 Å². The predicted octanol–water partition coefficient (Wildman–Crippen LogP) is 3.23. The van der Waals surface area contributed by atoms with Crippen molar-refractivity contribution in [3.8, 4) is 11.1 Å². The number of hydrogen-bond donors (Lipinski definition) is 1. The lowest BCUT2D eigenvalue weighted by molar-refractivity contribution is -0.139. The van der Waals surface area contributed by atoms with Crippen LogP contribution >= 0.6 is 0 Å². The standard InChI is InChI=1S/C10H6F4N2/c11-9-2-1-6(7-4-15-16-5-7)3-8(9)10(12,13)14/h1-5H,(H,15,16). The molecule has 2 nitrogen and oxygen atoms in total. The number of halogens is 4. The van der Waals surface area contributed by atoms with Gasteiger partial charge in [-0.15, -0.1) is 0 Å². The van der Waals surface area contributed by atoms with Gasteiger partial charge < -0.3 is 0 Å². The van der Waals surface area contributed by atoms with Crippen LogP contribution in [0.15, 0.2) is 30.6 Å². The number of nitrogens with one attached hydrogen (secondary N) is 1. The molecule has 0 aliphatic rings. The maximum atomic E-state index is 13.0. The van der Waals surface area contributed by atoms with E-state index < -0.39 is 17.6 Å². The fourth-order valence-corrected chi connectivity index (χ4v) is 1.33. The molecule has 1 heterocycles. The SMILES string of the molecule is Fc1ccc(-c2cn[nH]c2)cc1C(F)(F)F. The van der Waals surface area contributed by atoms with Gasteiger partial charge in [0.1, 0.15) is 5.82 Å². The van der Waals surface area contributed by atoms with Gasteiger partial charge in [0.2, 0.25) is 0 Å². The van der Waals surface area contributed by atoms with E-state index in [9.17, 15) is 17.6 Å². The number of hydrogen-bond acceptors (Lipinski definition) is 1. The van der Waals surface area contributed by atoms with Crippen LogP contribution in [0.3, 0.4) is 0 Å². The van der Waals surface area contributed by atoms with Gasteiger partial charge in [0, 0.05) is 11.8 Å². The van der Waals surface area contributed by atoms with Crippen molar-refractivity contribution in [2.75, 3.05) is 0 Å². The van der Waals surface area contributed by atoms with Crippen molar-refractivity contribution in [3.63, 3.8) is 0 Å². The lowest BCUT2D eigenvalue weighted by atomic mass is 10.1. The highest BCUT2D eigenvalue weighted by Gasteiger charge is 2.34. The van der Waals surface area contributed by atoms with E-state index in [1.807, 2.05) is 0 Å². The highest BCUT2D eigenvalue weighted by atomic mass is 19.4. The van der Waals surface area contributed by atoms with E-state index in [0.717, 1.165) is 12.1 Å². The summed E-state index contributed by atoms with van der Waals surface area (Å²) < 4.78 is 50.2. The van der Waals surface area contributed by atoms with Crippen LogP contribution in [0.5, 0.6) is 0 Å². The van der Waals surface area contributed by atoms with Crippen LogP contribution in [0, 0.1) is 5.82 Å². The topological polar surface area (TPSA) is 28.7 Å². The van der Waals surface area contributed by atoms with Gasteiger partial charge >= 0.3 is 6.18 Å². The molecule has 6 heteroatoms. The molecule has 0 saturated carbocycles. The van der Waals surface area contributed by atoms with Crippen LogP contribution in [0.4, 0.5) is 17.6 Å². The fraction of sp³-hybridized carbons (Fsp3) is 0.100. The Bertz CT molecular complexity index is 488. The number of aromatic amines is 1. The van der Waals surface area contributed by atoms with Crippen molar-refractivity contribution in [3.05, 3.63) is 42.0 Å². The zero-order valence-electron chi connectivity index (χ0n) is 7.85. The molecule has 2 rings (SSSR count). The van der Waals surface area contributed by atoms with Crippen LogP contribution in [-0.2, 0) is 6.18 Å². The van der Waals surface area contributed by atoms with E-state index in [1.165, 1.54) is 18.5 Å². The molecule has 16 heavy (non-hydrogen) atoms. The second-order valence-electron chi connectivity index (χ2n) is 3.18. The Kier molecular flexibility index (Phi) is 2.41. The summed E-state index contributed by atoms with van der Waals surface area (Å²) >= 11 is 0. The Morgan fingerprint density at radius 2 is 1.88 bits per heavy atom. The molecule has 0 fully saturated rings. The summed E-state index contributed by atoms with van der Waals surface area (Å²) in [5.74, 6) is -1.28. The number of alkyl halides is 3. The van der Waals surface area contributed by atoms with E-state index >= 15 is 0 Å². The maximum Gasteiger partial charge on any atom is 0.419 e. The quantitative estimate of drug-likeness (QED) is 0.748. The van der Waals surface area contributed by atoms with E-state index in [2.05, 4.69) is 10.2 Å². The fourth-order valence-electron chi connectivity index (χ4n) is 1.33. The minimum absolute atomic E-state index is 0.266. The minimum Gasteiger partial charge on any atom is -0.285 e. The average molecular weight is 230 g/mol. The van der Waals surface area contributed by atoms with Crippen LogP contribution in [0.25, 0.3) is 11.1 Å². The summed E-state index contributed by atoms with van der Waals surface area (Å²) in [6.07, 6.45) is -1.88. The van der Waals surface area contributed by atoms with E-state index in [4.69, 9.17) is 0 Å². The molecule has 84 valence electrons. The third-order valence-corrected chi connectivity index (χ3v) is 2.10. The lowest BCUT2D eigenvalue weighted by Crippen LogP contribution is -2.08. The highest BCUT2D eigenvalue weighted by molar-refractivity contribution is 5.62. The Labute approximate surface area is 87.9 Å². The normalized spacial score (nSPS) is 11.8. The molecule has 2 aromatic rings. The third kappa shape index (κ3) is 1.91. The number of benzene rings is 1. The smallest absolute Gasteiger partial charge is 0.285 e. The first kappa shape index (κ1) is 10.7. The molecule has 1 aromatic heterocycles. The molecule has 0 saturated heterocycles. The van der Waals surface area contributed by atoms with Crippen molar-refractivity contribution in [2.24, 2.45) is 0 Å². The van der Waals surface area contributed by atoms with Gasteiger partial charge in [-0.2, -0.15) is 18.3 Å². The van der Waals surface area contributed by atoms with Gasteiger partial charge in [0.05, 0.1) is 11.8 Å². The number of aromatic nitrogens is 2. The summed E-state index contributed by atoms with van der Waals surface area (Å²) in [6, 6.07) is 2.83. The van der Waals surface area contributed by atoms with E-state index in [0.29, 0.717) is 5.56 Å². The number of H-pyrrole nitrogens is 1. The lowest BCUT2D eigenvalue weighted by Gasteiger charge is -2.09. The molecule has 0 amide bonds. The first-order valence-corrected chi connectivity index (χ1v) is 4.34. The van der Waals surface area contributed by atoms with Crippen LogP contribution in [0.1, 0.15) is 5.56 Å². The molecular formula is C10H6F4N2. The Morgan fingerprint density at radius 3 is 2.44 bits per heavy atom. The van der Waals surface area contributed by atoms with E-state index in [-0.39, 0.29) is 5.56 Å². The number of nitrogens with zero attached hydrogens (tertiary/aromatic N) is 1. The van der Waals surface area contributed by atoms with Gasteiger partial charge in [0.15, 0.2) is 0 Å². The Hall–Kier alpha value is -1.85. The van der Waals surface area contributed by atoms with Gasteiger partial charge in [-0.25, -0.2) is 4.39 Å². The zero-order chi connectivity index (χ0) is 11.8. The second kappa shape index (κ2) is 3.62. The van der Waals surface area contributed by atoms with Crippen molar-refractivity contribution in [1.82, 2.24) is 10.2 Å². The molecule has 1 N–H and O–H groups in total. The molecule has 0 spiro atoms. The first-order valence-electron chi connectivity index (χ1n) is 4.34. The molecular weight excluding hydrogens is 224 g/mol. The van der Waals surface area contributed by atoms with Gasteiger partial charge in [0.25, 0.3) is 0 Å². The van der Waals surface area contributed by atoms with Crippen LogP contribution in [0.2, 0.25) is 0 Å². The Balaban J connectivity index is 2.52. The van der Waals surface area contributed by atoms with Gasteiger partial charge in [-0.3, -0.25) is 5.10 Å². The summed E-state index contributed by atoms with van der Waals surface area (Å²) in [4.78, 5) is 0. The molecule has 0 radical (unpaired) electrons. The van der Waals surface area contributed by atoms with Crippen molar-refractivity contribution in [2.45, 2.75) is 6.18 Å². The van der Waals surface area contributed by atoms with E-state index in [1.54, 1.807) is 0 Å². The minimum atomic E-state index is -4.69. The summed E-state index contributed by atoms with van der Waals surface area (Å²) in [5.41, 5.74) is -0.529. The Morgan fingerprint density at radius 1 is 1.12 bits per heavy atom. The van der Waals surface area contributed by atoms with Crippen molar-refractivity contribution in [1.29, 1.82) is 0 Å². The summed E-state index contributed by atoms with van der Waals surface area (Å²) in [7, 11) is 0. The molecule has 0 bridgehead atoms. The predicted molar refractivity (Wildman–Crippen MR) is 49.0 cm³/mol. The van der Waals surface area contributed by atoms with Gasteiger partial charge in [-0.05, 0) is 17.7 Å². The maximum absolute atomic E-state index is 13.0. The highest BCUT2D eigenvalue weighted by Crippen LogP contribution is 2.33. The summed E-state index contributed by atoms with van der Waals surface area (Å²) in [5, 5.41) is 6.09. The largest absolute Gasteiger partial charge is 0.419 e. The van der Waals surface area contributed by atoms with Gasteiger partial charge in [-0.1, -0.05) is 6.07 Å². The summed E-state index contributed by atoms with van der Waals surface area (Å²) in [6.45, 7) is 0. The molecule has 0 atom stereocenters. The van der Waals surface area contributed by atoms with Crippen molar-refractivity contribution >= 4 is 0 Å². The second-order valence-corrected chi connectivity index (χ2v) is 3.18. The number of rotatable bonds is 1.